The van der Waals surface area contributed by atoms with E-state index in [-0.39, 0.29) is 0 Å². The highest BCUT2D eigenvalue weighted by molar-refractivity contribution is 5.79. The van der Waals surface area contributed by atoms with Gasteiger partial charge in [-0.3, -0.25) is 4.79 Å². The van der Waals surface area contributed by atoms with E-state index in [1.165, 1.54) is 0 Å². The third-order valence-electron chi connectivity index (χ3n) is 2.68. The average Bonchev–Trinajstić information content (AvgIpc) is 1.86. The maximum absolute atomic E-state index is 10.9. The third-order valence-corrected chi connectivity index (χ3v) is 2.68. The van der Waals surface area contributed by atoms with Crippen molar-refractivity contribution in [2.75, 3.05) is 13.2 Å². The first-order chi connectivity index (χ1) is 4.81. The maximum Gasteiger partial charge on any atom is 0.132 e. The van der Waals surface area contributed by atoms with Crippen molar-refractivity contribution in [3.05, 3.63) is 0 Å². The molecule has 1 saturated heterocycles. The van der Waals surface area contributed by atoms with Crippen LogP contribution in [0.15, 0.2) is 0 Å². The second kappa shape index (κ2) is 2.06. The van der Waals surface area contributed by atoms with Crippen LogP contribution >= 0.6 is 0 Å². The minimum atomic E-state index is 0.438. The Kier molecular flexibility index (Phi) is 1.31. The van der Waals surface area contributed by atoms with Crippen LogP contribution in [0.2, 0.25) is 0 Å². The van der Waals surface area contributed by atoms with Gasteiger partial charge in [0.15, 0.2) is 0 Å². The number of hydrogen-bond donors (Lipinski definition) is 0. The van der Waals surface area contributed by atoms with Gasteiger partial charge in [-0.25, -0.2) is 0 Å². The minimum Gasteiger partial charge on any atom is -0.380 e. The first-order valence-corrected chi connectivity index (χ1v) is 3.90. The normalized spacial score (nSPS) is 30.2. The number of ether oxygens (including phenoxy) is 1. The Hall–Kier alpha value is -0.370. The molecule has 2 heteroatoms. The van der Waals surface area contributed by atoms with Crippen LogP contribution in [-0.2, 0) is 9.53 Å². The van der Waals surface area contributed by atoms with Crippen LogP contribution in [0.1, 0.15) is 25.7 Å². The van der Waals surface area contributed by atoms with Gasteiger partial charge in [0.2, 0.25) is 0 Å². The Morgan fingerprint density at radius 2 is 1.80 bits per heavy atom. The molecule has 10 heavy (non-hydrogen) atoms. The highest BCUT2D eigenvalue weighted by Crippen LogP contribution is 2.40. The van der Waals surface area contributed by atoms with E-state index in [1.54, 1.807) is 0 Å². The summed E-state index contributed by atoms with van der Waals surface area (Å²) in [7, 11) is 0. The van der Waals surface area contributed by atoms with Crippen molar-refractivity contribution in [3.63, 3.8) is 0 Å². The van der Waals surface area contributed by atoms with Crippen molar-refractivity contribution >= 4 is 5.78 Å². The van der Waals surface area contributed by atoms with E-state index in [1.807, 2.05) is 0 Å². The number of hydrogen-bond acceptors (Lipinski definition) is 2. The summed E-state index contributed by atoms with van der Waals surface area (Å²) in [4.78, 5) is 10.9. The van der Waals surface area contributed by atoms with E-state index in [9.17, 15) is 4.79 Å². The monoisotopic (exact) mass is 140 g/mol. The van der Waals surface area contributed by atoms with E-state index >= 15 is 0 Å². The number of rotatable bonds is 0. The fourth-order valence-corrected chi connectivity index (χ4v) is 1.74. The zero-order valence-electron chi connectivity index (χ0n) is 6.06. The summed E-state index contributed by atoms with van der Waals surface area (Å²) in [6, 6.07) is 0. The second-order valence-electron chi connectivity index (χ2n) is 3.53. The Balaban J connectivity index is 1.96. The van der Waals surface area contributed by atoms with Gasteiger partial charge in [0.05, 0.1) is 13.2 Å². The molecule has 1 spiro atoms. The Morgan fingerprint density at radius 3 is 2.20 bits per heavy atom. The molecule has 2 aliphatic rings. The van der Waals surface area contributed by atoms with Gasteiger partial charge in [-0.05, 0) is 12.8 Å². The predicted molar refractivity (Wildman–Crippen MR) is 36.7 cm³/mol. The van der Waals surface area contributed by atoms with Gasteiger partial charge in [-0.15, -0.1) is 0 Å². The average molecular weight is 140 g/mol. The van der Waals surface area contributed by atoms with Crippen LogP contribution in [0.25, 0.3) is 0 Å². The molecule has 1 aliphatic heterocycles. The van der Waals surface area contributed by atoms with Crippen molar-refractivity contribution in [3.8, 4) is 0 Å². The van der Waals surface area contributed by atoms with Crippen molar-refractivity contribution in [1.82, 2.24) is 0 Å². The first-order valence-electron chi connectivity index (χ1n) is 3.90. The summed E-state index contributed by atoms with van der Waals surface area (Å²) in [5.41, 5.74) is 0.438. The van der Waals surface area contributed by atoms with E-state index in [0.29, 0.717) is 11.2 Å². The van der Waals surface area contributed by atoms with E-state index in [4.69, 9.17) is 4.74 Å². The fraction of sp³-hybridized carbons (Fsp3) is 0.875. The molecule has 0 aromatic carbocycles. The van der Waals surface area contributed by atoms with Gasteiger partial charge in [0, 0.05) is 18.3 Å². The molecule has 1 aliphatic carbocycles. The summed E-state index contributed by atoms with van der Waals surface area (Å²) in [5, 5.41) is 0. The summed E-state index contributed by atoms with van der Waals surface area (Å²) in [5.74, 6) is 0.442. The van der Waals surface area contributed by atoms with Crippen molar-refractivity contribution < 1.29 is 9.53 Å². The molecule has 0 aromatic rings. The lowest BCUT2D eigenvalue weighted by atomic mass is 9.72. The van der Waals surface area contributed by atoms with Gasteiger partial charge >= 0.3 is 0 Å². The third kappa shape index (κ3) is 0.870. The predicted octanol–water partition coefficient (Wildman–Crippen LogP) is 1.15. The molecule has 0 amide bonds. The lowest BCUT2D eigenvalue weighted by molar-refractivity contribution is -0.145. The van der Waals surface area contributed by atoms with Crippen molar-refractivity contribution in [2.24, 2.45) is 5.41 Å². The summed E-state index contributed by atoms with van der Waals surface area (Å²) in [6.07, 6.45) is 3.74. The molecule has 0 unspecified atom stereocenters. The molecular formula is C8H12O2. The highest BCUT2D eigenvalue weighted by atomic mass is 16.5. The van der Waals surface area contributed by atoms with Crippen LogP contribution in [0.5, 0.6) is 0 Å². The van der Waals surface area contributed by atoms with E-state index in [2.05, 4.69) is 0 Å². The molecule has 2 nitrogen and oxygen atoms in total. The van der Waals surface area contributed by atoms with Crippen LogP contribution in [0.4, 0.5) is 0 Å². The highest BCUT2D eigenvalue weighted by Gasteiger charge is 2.40. The molecular weight excluding hydrogens is 128 g/mol. The SMILES string of the molecule is O=C1CCC2(CC1)COC2. The number of carbonyl (C=O) groups is 1. The fourth-order valence-electron chi connectivity index (χ4n) is 1.74. The minimum absolute atomic E-state index is 0.438. The van der Waals surface area contributed by atoms with Gasteiger partial charge in [0.25, 0.3) is 0 Å². The summed E-state index contributed by atoms with van der Waals surface area (Å²) in [6.45, 7) is 1.81. The molecule has 1 saturated carbocycles. The van der Waals surface area contributed by atoms with Gasteiger partial charge in [-0.2, -0.15) is 0 Å². The topological polar surface area (TPSA) is 26.3 Å². The Labute approximate surface area is 60.6 Å². The van der Waals surface area contributed by atoms with Crippen molar-refractivity contribution in [1.29, 1.82) is 0 Å². The van der Waals surface area contributed by atoms with Crippen LogP contribution in [0, 0.1) is 5.41 Å². The zero-order valence-corrected chi connectivity index (χ0v) is 6.06. The molecule has 0 radical (unpaired) electrons. The summed E-state index contributed by atoms with van der Waals surface area (Å²) < 4.78 is 5.14. The van der Waals surface area contributed by atoms with Gasteiger partial charge in [0.1, 0.15) is 5.78 Å². The maximum atomic E-state index is 10.9. The molecule has 0 N–H and O–H groups in total. The molecule has 0 atom stereocenters. The van der Waals surface area contributed by atoms with E-state index < -0.39 is 0 Å². The molecule has 1 heterocycles. The van der Waals surface area contributed by atoms with Crippen LogP contribution in [-0.4, -0.2) is 19.0 Å². The molecule has 2 rings (SSSR count). The number of Topliss-reactive ketones (excluding diaryl/α,β-unsaturated/α-hetero) is 1. The lowest BCUT2D eigenvalue weighted by Gasteiger charge is -2.43. The molecule has 2 fully saturated rings. The first kappa shape index (κ1) is 6.35. The lowest BCUT2D eigenvalue weighted by Crippen LogP contribution is -2.45. The second-order valence-corrected chi connectivity index (χ2v) is 3.53. The molecule has 0 aromatic heterocycles. The Morgan fingerprint density at radius 1 is 1.20 bits per heavy atom. The smallest absolute Gasteiger partial charge is 0.132 e. The van der Waals surface area contributed by atoms with Crippen molar-refractivity contribution in [2.45, 2.75) is 25.7 Å². The van der Waals surface area contributed by atoms with Crippen LogP contribution in [0.3, 0.4) is 0 Å². The quantitative estimate of drug-likeness (QED) is 0.504. The van der Waals surface area contributed by atoms with Crippen LogP contribution < -0.4 is 0 Å². The number of ketones is 1. The zero-order chi connectivity index (χ0) is 7.03. The Bertz CT molecular complexity index is 147. The van der Waals surface area contributed by atoms with Gasteiger partial charge < -0.3 is 4.74 Å². The largest absolute Gasteiger partial charge is 0.380 e. The van der Waals surface area contributed by atoms with E-state index in [0.717, 1.165) is 38.9 Å². The number of carbonyl (C=O) groups excluding carboxylic acids is 1. The molecule has 56 valence electrons. The molecule has 0 bridgehead atoms. The summed E-state index contributed by atoms with van der Waals surface area (Å²) >= 11 is 0. The standard InChI is InChI=1S/C8H12O2/c9-7-1-3-8(4-2-7)5-10-6-8/h1-6H2. The van der Waals surface area contributed by atoms with Gasteiger partial charge in [-0.1, -0.05) is 0 Å².